The van der Waals surface area contributed by atoms with E-state index >= 15 is 0 Å². The fraction of sp³-hybridized carbons (Fsp3) is 0.194. The van der Waals surface area contributed by atoms with Gasteiger partial charge in [-0.05, 0) is 43.0 Å². The number of benzene rings is 3. The summed E-state index contributed by atoms with van der Waals surface area (Å²) in [4.78, 5) is 37.2. The average Bonchev–Trinajstić information content (AvgIpc) is 3.22. The Hall–Kier alpha value is -4.65. The smallest absolute Gasteiger partial charge is 0.339 e. The highest BCUT2D eigenvalue weighted by atomic mass is 16.4. The molecular formula is C31H27NO6. The van der Waals surface area contributed by atoms with Crippen LogP contribution in [0.3, 0.4) is 0 Å². The van der Waals surface area contributed by atoms with Gasteiger partial charge < -0.3 is 19.3 Å². The van der Waals surface area contributed by atoms with E-state index < -0.39 is 23.5 Å². The van der Waals surface area contributed by atoms with Crippen LogP contribution < -0.4 is 10.9 Å². The first-order valence-corrected chi connectivity index (χ1v) is 12.4. The van der Waals surface area contributed by atoms with E-state index in [1.165, 1.54) is 0 Å². The van der Waals surface area contributed by atoms with Crippen molar-refractivity contribution in [2.45, 2.75) is 39.2 Å². The Morgan fingerprint density at radius 1 is 0.895 bits per heavy atom. The molecule has 3 aromatic carbocycles. The van der Waals surface area contributed by atoms with Gasteiger partial charge in [-0.15, -0.1) is 0 Å². The quantitative estimate of drug-likeness (QED) is 0.265. The van der Waals surface area contributed by atoms with E-state index in [-0.39, 0.29) is 19.3 Å². The first-order valence-electron chi connectivity index (χ1n) is 12.4. The summed E-state index contributed by atoms with van der Waals surface area (Å²) in [5, 5.41) is 13.8. The summed E-state index contributed by atoms with van der Waals surface area (Å²) in [5.74, 6) is -0.793. The maximum Gasteiger partial charge on any atom is 0.339 e. The summed E-state index contributed by atoms with van der Waals surface area (Å²) in [5.41, 5.74) is 4.45. The molecule has 5 rings (SSSR count). The van der Waals surface area contributed by atoms with Gasteiger partial charge in [0, 0.05) is 40.8 Å². The third kappa shape index (κ3) is 4.95. The third-order valence-electron chi connectivity index (χ3n) is 6.85. The zero-order chi connectivity index (χ0) is 26.8. The number of carboxylic acid groups (broad SMARTS) is 1. The second kappa shape index (κ2) is 10.4. The van der Waals surface area contributed by atoms with Crippen molar-refractivity contribution in [3.63, 3.8) is 0 Å². The lowest BCUT2D eigenvalue weighted by Crippen LogP contribution is -2.42. The van der Waals surface area contributed by atoms with Gasteiger partial charge in [-0.1, -0.05) is 60.7 Å². The van der Waals surface area contributed by atoms with Crippen LogP contribution in [0.25, 0.3) is 33.1 Å². The standard InChI is InChI=1S/C31H27NO6/c1-18-22(13-14-28(33)32-25(30(34)35)15-20-9-5-3-6-10-20)31(36)38-26-17-27-24(16-23(18)26)29(19(2)37-27)21-11-7-4-8-12-21/h3-12,16-17,25H,13-15H2,1-2H3,(H,32,33)(H,34,35)/t25-/m0/s1. The monoisotopic (exact) mass is 509 g/mol. The lowest BCUT2D eigenvalue weighted by Gasteiger charge is -2.15. The van der Waals surface area contributed by atoms with E-state index in [0.29, 0.717) is 16.7 Å². The Bertz CT molecular complexity index is 1700. The Morgan fingerprint density at radius 2 is 1.55 bits per heavy atom. The number of carboxylic acids is 1. The molecule has 0 fully saturated rings. The second-order valence-electron chi connectivity index (χ2n) is 9.38. The molecule has 2 aromatic heterocycles. The molecule has 0 bridgehead atoms. The summed E-state index contributed by atoms with van der Waals surface area (Å²) in [6, 6.07) is 21.7. The molecule has 38 heavy (non-hydrogen) atoms. The normalized spacial score (nSPS) is 12.1. The summed E-state index contributed by atoms with van der Waals surface area (Å²) >= 11 is 0. The van der Waals surface area contributed by atoms with Crippen LogP contribution in [-0.4, -0.2) is 23.0 Å². The lowest BCUT2D eigenvalue weighted by molar-refractivity contribution is -0.141. The van der Waals surface area contributed by atoms with Crippen molar-refractivity contribution < 1.29 is 23.5 Å². The van der Waals surface area contributed by atoms with Crippen LogP contribution in [0.1, 0.15) is 28.9 Å². The number of aryl methyl sites for hydroxylation is 2. The first kappa shape index (κ1) is 25.0. The predicted molar refractivity (Wildman–Crippen MR) is 145 cm³/mol. The molecule has 0 saturated heterocycles. The number of hydrogen-bond donors (Lipinski definition) is 2. The minimum Gasteiger partial charge on any atom is -0.480 e. The highest BCUT2D eigenvalue weighted by molar-refractivity contribution is 6.03. The molecule has 0 aliphatic rings. The summed E-state index contributed by atoms with van der Waals surface area (Å²) in [6.45, 7) is 3.74. The Kier molecular flexibility index (Phi) is 6.83. The second-order valence-corrected chi connectivity index (χ2v) is 9.38. The van der Waals surface area contributed by atoms with Gasteiger partial charge in [0.2, 0.25) is 5.91 Å². The topological polar surface area (TPSA) is 110 Å². The minimum atomic E-state index is -1.11. The predicted octanol–water partition coefficient (Wildman–Crippen LogP) is 5.57. The summed E-state index contributed by atoms with van der Waals surface area (Å²) < 4.78 is 11.6. The molecule has 7 nitrogen and oxygen atoms in total. The molecule has 0 saturated carbocycles. The number of furan rings is 1. The number of hydrogen-bond acceptors (Lipinski definition) is 5. The minimum absolute atomic E-state index is 0.0436. The van der Waals surface area contributed by atoms with Crippen molar-refractivity contribution in [3.05, 3.63) is 106 Å². The number of aliphatic carboxylic acids is 1. The van der Waals surface area contributed by atoms with E-state index in [4.69, 9.17) is 8.83 Å². The molecule has 0 spiro atoms. The Morgan fingerprint density at radius 3 is 2.24 bits per heavy atom. The van der Waals surface area contributed by atoms with Crippen LogP contribution >= 0.6 is 0 Å². The van der Waals surface area contributed by atoms with Crippen LogP contribution in [0.2, 0.25) is 0 Å². The van der Waals surface area contributed by atoms with Gasteiger partial charge in [-0.25, -0.2) is 9.59 Å². The molecule has 2 N–H and O–H groups in total. The van der Waals surface area contributed by atoms with Gasteiger partial charge in [0.1, 0.15) is 23.0 Å². The Labute approximate surface area is 218 Å². The molecule has 0 unspecified atom stereocenters. The van der Waals surface area contributed by atoms with Gasteiger partial charge in [-0.3, -0.25) is 4.79 Å². The largest absolute Gasteiger partial charge is 0.480 e. The summed E-state index contributed by atoms with van der Waals surface area (Å²) in [6.07, 6.45) is 0.253. The molecule has 1 amide bonds. The maximum absolute atomic E-state index is 12.8. The average molecular weight is 510 g/mol. The number of carbonyl (C=O) groups is 2. The maximum atomic E-state index is 12.8. The molecule has 7 heteroatoms. The van der Waals surface area contributed by atoms with E-state index in [9.17, 15) is 19.5 Å². The highest BCUT2D eigenvalue weighted by Crippen LogP contribution is 2.37. The number of carbonyl (C=O) groups excluding carboxylic acids is 1. The highest BCUT2D eigenvalue weighted by Gasteiger charge is 2.22. The van der Waals surface area contributed by atoms with E-state index in [1.54, 1.807) is 6.07 Å². The molecule has 0 radical (unpaired) electrons. The fourth-order valence-corrected chi connectivity index (χ4v) is 4.91. The number of amides is 1. The first-order chi connectivity index (χ1) is 18.3. The zero-order valence-corrected chi connectivity index (χ0v) is 21.1. The number of fused-ring (bicyclic) bond motifs is 2. The molecule has 192 valence electrons. The van der Waals surface area contributed by atoms with Crippen LogP contribution in [0.4, 0.5) is 0 Å². The fourth-order valence-electron chi connectivity index (χ4n) is 4.91. The number of rotatable bonds is 8. The third-order valence-corrected chi connectivity index (χ3v) is 6.85. The van der Waals surface area contributed by atoms with Gasteiger partial charge >= 0.3 is 11.6 Å². The van der Waals surface area contributed by atoms with Crippen molar-refractivity contribution in [1.82, 2.24) is 5.32 Å². The van der Waals surface area contributed by atoms with Crippen molar-refractivity contribution in [1.29, 1.82) is 0 Å². The zero-order valence-electron chi connectivity index (χ0n) is 21.1. The molecule has 0 aliphatic heterocycles. The van der Waals surface area contributed by atoms with Crippen molar-refractivity contribution >= 4 is 33.8 Å². The van der Waals surface area contributed by atoms with Gasteiger partial charge in [0.25, 0.3) is 0 Å². The lowest BCUT2D eigenvalue weighted by atomic mass is 9.98. The molecule has 2 heterocycles. The van der Waals surface area contributed by atoms with Crippen molar-refractivity contribution in [2.24, 2.45) is 0 Å². The summed E-state index contributed by atoms with van der Waals surface area (Å²) in [7, 11) is 0. The number of nitrogens with one attached hydrogen (secondary N) is 1. The Balaban J connectivity index is 1.41. The van der Waals surface area contributed by atoms with Crippen LogP contribution in [0.15, 0.2) is 86.4 Å². The van der Waals surface area contributed by atoms with E-state index in [2.05, 4.69) is 5.32 Å². The van der Waals surface area contributed by atoms with Crippen molar-refractivity contribution in [3.8, 4) is 11.1 Å². The van der Waals surface area contributed by atoms with Gasteiger partial charge in [0.05, 0.1) is 0 Å². The molecule has 5 aromatic rings. The van der Waals surface area contributed by atoms with Gasteiger partial charge in [-0.2, -0.15) is 0 Å². The van der Waals surface area contributed by atoms with Crippen LogP contribution in [0, 0.1) is 13.8 Å². The van der Waals surface area contributed by atoms with Crippen LogP contribution in [0.5, 0.6) is 0 Å². The van der Waals surface area contributed by atoms with Crippen LogP contribution in [-0.2, 0) is 22.4 Å². The molecule has 0 aliphatic carbocycles. The molecule has 1 atom stereocenters. The SMILES string of the molecule is Cc1oc2cc3oc(=O)c(CCC(=O)N[C@@H](Cc4ccccc4)C(=O)O)c(C)c3cc2c1-c1ccccc1. The van der Waals surface area contributed by atoms with Gasteiger partial charge in [0.15, 0.2) is 0 Å². The molecular weight excluding hydrogens is 482 g/mol. The van der Waals surface area contributed by atoms with E-state index in [0.717, 1.165) is 38.8 Å². The van der Waals surface area contributed by atoms with E-state index in [1.807, 2.05) is 80.6 Å². The van der Waals surface area contributed by atoms with Crippen molar-refractivity contribution in [2.75, 3.05) is 0 Å².